The molecule has 4 aromatic carbocycles. The largest absolute Gasteiger partial charge is 0.455 e. The van der Waals surface area contributed by atoms with Crippen LogP contribution in [0.15, 0.2) is 133 Å². The zero-order chi connectivity index (χ0) is 37.5. The van der Waals surface area contributed by atoms with Gasteiger partial charge < -0.3 is 30.3 Å². The number of aliphatic hydroxyl groups excluding tert-OH is 2. The number of nitrogens with zero attached hydrogens (tertiary/aromatic N) is 2. The summed E-state index contributed by atoms with van der Waals surface area (Å²) in [7, 11) is 0. The minimum atomic E-state index is -0.912. The Morgan fingerprint density at radius 3 is 1.35 bits per heavy atom. The fraction of sp³-hybridized carbons (Fsp3) is 0.136. The molecule has 4 N–H and O–H groups in total. The average molecular weight is 721 g/mol. The number of esters is 2. The Morgan fingerprint density at radius 1 is 0.556 bits per heavy atom. The summed E-state index contributed by atoms with van der Waals surface area (Å²) in [4.78, 5) is 34.7. The van der Waals surface area contributed by atoms with E-state index in [9.17, 15) is 19.8 Å². The Labute approximate surface area is 313 Å². The minimum Gasteiger partial charge on any atom is -0.455 e. The van der Waals surface area contributed by atoms with Crippen LogP contribution in [0, 0.1) is 0 Å². The van der Waals surface area contributed by atoms with Crippen molar-refractivity contribution in [3.05, 3.63) is 156 Å². The van der Waals surface area contributed by atoms with Crippen molar-refractivity contribution < 1.29 is 29.3 Å². The summed E-state index contributed by atoms with van der Waals surface area (Å²) >= 11 is 0. The van der Waals surface area contributed by atoms with Gasteiger partial charge in [-0.3, -0.25) is 0 Å². The number of nitrogens with one attached hydrogen (secondary N) is 2. The second kappa shape index (κ2) is 18.7. The molecule has 2 atom stereocenters. The Balaban J connectivity index is 1.03. The third-order valence-corrected chi connectivity index (χ3v) is 8.33. The van der Waals surface area contributed by atoms with Crippen LogP contribution in [-0.2, 0) is 19.1 Å². The number of benzene rings is 4. The Bertz CT molecular complexity index is 2110. The predicted molar refractivity (Wildman–Crippen MR) is 214 cm³/mol. The van der Waals surface area contributed by atoms with Gasteiger partial charge in [0.05, 0.1) is 48.7 Å². The van der Waals surface area contributed by atoms with E-state index in [-0.39, 0.29) is 13.1 Å². The van der Waals surface area contributed by atoms with E-state index in [0.717, 1.165) is 67.8 Å². The standard InChI is InChI=1S/C44H40N4O6/c49-29-35(27-45-41-25-33(21-19-31-11-3-1-4-12-31)47-39-17-9-7-15-37(39)41)53-43(51)23-24-44(52)54-36(30-50)28-46-42-26-34(22-20-32-13-5-2-6-14-32)48-40-18-10-8-16-38(40)42/h1-26,35-36,49-50H,27-30H2,(H,45,47)(H,46,48)/b21-19+,22-20+,24-23+/t35-,36-/m0/s1. The number of rotatable bonds is 16. The van der Waals surface area contributed by atoms with E-state index in [2.05, 4.69) is 10.6 Å². The summed E-state index contributed by atoms with van der Waals surface area (Å²) in [6.45, 7) is -0.705. The van der Waals surface area contributed by atoms with Crippen molar-refractivity contribution in [3.8, 4) is 0 Å². The molecule has 0 amide bonds. The van der Waals surface area contributed by atoms with Gasteiger partial charge in [0.2, 0.25) is 0 Å². The smallest absolute Gasteiger partial charge is 0.331 e. The quantitative estimate of drug-likeness (QED) is 0.0609. The number of para-hydroxylation sites is 2. The molecule has 0 aliphatic rings. The van der Waals surface area contributed by atoms with Gasteiger partial charge in [-0.05, 0) is 47.5 Å². The highest BCUT2D eigenvalue weighted by atomic mass is 16.6. The number of hydrogen-bond donors (Lipinski definition) is 4. The number of aromatic nitrogens is 2. The van der Waals surface area contributed by atoms with E-state index in [1.54, 1.807) is 0 Å². The van der Waals surface area contributed by atoms with Crippen molar-refractivity contribution in [2.45, 2.75) is 12.2 Å². The van der Waals surface area contributed by atoms with Crippen LogP contribution in [0.5, 0.6) is 0 Å². The van der Waals surface area contributed by atoms with Crippen molar-refractivity contribution >= 4 is 69.4 Å². The normalized spacial score (nSPS) is 12.7. The van der Waals surface area contributed by atoms with Crippen molar-refractivity contribution in [3.63, 3.8) is 0 Å². The Kier molecular flexibility index (Phi) is 12.9. The molecule has 0 saturated carbocycles. The number of hydrogen-bond acceptors (Lipinski definition) is 10. The van der Waals surface area contributed by atoms with E-state index >= 15 is 0 Å². The van der Waals surface area contributed by atoms with E-state index < -0.39 is 37.4 Å². The minimum absolute atomic E-state index is 0.0993. The van der Waals surface area contributed by atoms with Crippen LogP contribution in [-0.4, -0.2) is 70.6 Å². The van der Waals surface area contributed by atoms with Crippen molar-refractivity contribution in [1.82, 2.24) is 9.97 Å². The molecule has 0 bridgehead atoms. The lowest BCUT2D eigenvalue weighted by molar-refractivity contribution is -0.147. The lowest BCUT2D eigenvalue weighted by Gasteiger charge is -2.18. The number of fused-ring (bicyclic) bond motifs is 2. The van der Waals surface area contributed by atoms with Crippen molar-refractivity contribution in [2.75, 3.05) is 36.9 Å². The Hall–Kier alpha value is -6.62. The van der Waals surface area contributed by atoms with Gasteiger partial charge in [0.25, 0.3) is 0 Å². The maximum atomic E-state index is 12.6. The van der Waals surface area contributed by atoms with Gasteiger partial charge >= 0.3 is 11.9 Å². The summed E-state index contributed by atoms with van der Waals surface area (Å²) in [5.74, 6) is -1.67. The van der Waals surface area contributed by atoms with Crippen LogP contribution < -0.4 is 10.6 Å². The molecule has 10 heteroatoms. The monoisotopic (exact) mass is 720 g/mol. The lowest BCUT2D eigenvalue weighted by atomic mass is 10.1. The molecule has 0 fully saturated rings. The van der Waals surface area contributed by atoms with Gasteiger partial charge in [0.1, 0.15) is 12.2 Å². The van der Waals surface area contributed by atoms with Crippen LogP contribution >= 0.6 is 0 Å². The SMILES string of the molecule is O=C(/C=C/C(=O)O[C@H](CO)CNc1cc(/C=C/c2ccccc2)nc2ccccc12)O[C@H](CO)CNc1cc(/C=C/c2ccccc2)nc2ccccc12. The topological polar surface area (TPSA) is 143 Å². The van der Waals surface area contributed by atoms with Crippen molar-refractivity contribution in [2.24, 2.45) is 0 Å². The van der Waals surface area contributed by atoms with Crippen LogP contribution in [0.3, 0.4) is 0 Å². The zero-order valence-electron chi connectivity index (χ0n) is 29.4. The molecule has 2 heterocycles. The van der Waals surface area contributed by atoms with Gasteiger partial charge in [0, 0.05) is 34.3 Å². The summed E-state index contributed by atoms with van der Waals surface area (Å²) in [5.41, 5.74) is 6.59. The zero-order valence-corrected chi connectivity index (χ0v) is 29.4. The number of ether oxygens (including phenoxy) is 2. The Morgan fingerprint density at radius 2 is 0.944 bits per heavy atom. The highest BCUT2D eigenvalue weighted by Crippen LogP contribution is 2.26. The van der Waals surface area contributed by atoms with E-state index in [1.807, 2.05) is 146 Å². The van der Waals surface area contributed by atoms with E-state index in [4.69, 9.17) is 19.4 Å². The molecule has 0 unspecified atom stereocenters. The van der Waals surface area contributed by atoms with Crippen LogP contribution in [0.25, 0.3) is 46.1 Å². The summed E-state index contributed by atoms with van der Waals surface area (Å²) in [5, 5.41) is 28.2. The highest BCUT2D eigenvalue weighted by Gasteiger charge is 2.16. The second-order valence-electron chi connectivity index (χ2n) is 12.3. The number of pyridine rings is 2. The first-order valence-corrected chi connectivity index (χ1v) is 17.5. The molecular formula is C44H40N4O6. The first-order valence-electron chi connectivity index (χ1n) is 17.5. The molecule has 6 aromatic rings. The van der Waals surface area contributed by atoms with E-state index in [1.165, 1.54) is 0 Å². The lowest BCUT2D eigenvalue weighted by Crippen LogP contribution is -2.30. The molecule has 272 valence electrons. The van der Waals surface area contributed by atoms with Gasteiger partial charge in [-0.15, -0.1) is 0 Å². The van der Waals surface area contributed by atoms with Gasteiger partial charge in [-0.1, -0.05) is 109 Å². The molecule has 0 spiro atoms. The fourth-order valence-corrected chi connectivity index (χ4v) is 5.62. The first kappa shape index (κ1) is 37.1. The van der Waals surface area contributed by atoms with Crippen LogP contribution in [0.1, 0.15) is 22.5 Å². The molecule has 6 rings (SSSR count). The second-order valence-corrected chi connectivity index (χ2v) is 12.3. The van der Waals surface area contributed by atoms with Gasteiger partial charge in [-0.25, -0.2) is 19.6 Å². The maximum absolute atomic E-state index is 12.6. The first-order chi connectivity index (χ1) is 26.5. The third kappa shape index (κ3) is 10.5. The molecule has 10 nitrogen and oxygen atoms in total. The summed E-state index contributed by atoms with van der Waals surface area (Å²) in [6.07, 6.45) is 7.82. The highest BCUT2D eigenvalue weighted by molar-refractivity contribution is 5.94. The van der Waals surface area contributed by atoms with Gasteiger partial charge in [-0.2, -0.15) is 0 Å². The average Bonchev–Trinajstić information content (AvgIpc) is 3.22. The molecule has 0 radical (unpaired) electrons. The molecule has 54 heavy (non-hydrogen) atoms. The third-order valence-electron chi connectivity index (χ3n) is 8.33. The summed E-state index contributed by atoms with van der Waals surface area (Å²) in [6, 6.07) is 38.9. The van der Waals surface area contributed by atoms with Gasteiger partial charge in [0.15, 0.2) is 0 Å². The molecule has 0 saturated heterocycles. The molecule has 2 aromatic heterocycles. The number of aliphatic hydroxyl groups is 2. The van der Waals surface area contributed by atoms with Crippen LogP contribution in [0.2, 0.25) is 0 Å². The fourth-order valence-electron chi connectivity index (χ4n) is 5.62. The molecule has 0 aliphatic carbocycles. The molecule has 0 aliphatic heterocycles. The predicted octanol–water partition coefficient (Wildman–Crippen LogP) is 7.01. The number of carbonyl (C=O) groups excluding carboxylic acids is 2. The van der Waals surface area contributed by atoms with E-state index in [0.29, 0.717) is 0 Å². The molecular weight excluding hydrogens is 681 g/mol. The summed E-state index contributed by atoms with van der Waals surface area (Å²) < 4.78 is 10.8. The van der Waals surface area contributed by atoms with Crippen LogP contribution in [0.4, 0.5) is 11.4 Å². The number of carbonyl (C=O) groups is 2. The number of anilines is 2. The maximum Gasteiger partial charge on any atom is 0.331 e. The van der Waals surface area contributed by atoms with Crippen molar-refractivity contribution in [1.29, 1.82) is 0 Å².